The predicted octanol–water partition coefficient (Wildman–Crippen LogP) is 4.68. The number of halogens is 1. The molecule has 0 unspecified atom stereocenters. The zero-order valence-electron chi connectivity index (χ0n) is 8.88. The highest BCUT2D eigenvalue weighted by Gasteiger charge is 2.23. The van der Waals surface area contributed by atoms with E-state index in [0.29, 0.717) is 5.92 Å². The Balaban J connectivity index is 2.33. The third-order valence-corrected chi connectivity index (χ3v) is 5.24. The fraction of sp³-hybridized carbons (Fsp3) is 0.583. The van der Waals surface area contributed by atoms with Crippen LogP contribution in [0, 0.1) is 6.92 Å². The SMILES string of the molecule is Cc1c(C=O)sc(Br)c1C1CCCCC1. The van der Waals surface area contributed by atoms with Gasteiger partial charge in [-0.2, -0.15) is 0 Å². The molecule has 0 amide bonds. The Bertz CT molecular complexity index is 364. The molecule has 1 nitrogen and oxygen atoms in total. The average Bonchev–Trinajstić information content (AvgIpc) is 2.55. The van der Waals surface area contributed by atoms with Gasteiger partial charge in [-0.15, -0.1) is 11.3 Å². The number of hydrogen-bond donors (Lipinski definition) is 0. The molecule has 0 N–H and O–H groups in total. The van der Waals surface area contributed by atoms with E-state index in [2.05, 4.69) is 22.9 Å². The van der Waals surface area contributed by atoms with Gasteiger partial charge in [0.1, 0.15) is 0 Å². The second-order valence-electron chi connectivity index (χ2n) is 4.23. The van der Waals surface area contributed by atoms with E-state index in [1.807, 2.05) is 0 Å². The van der Waals surface area contributed by atoms with Gasteiger partial charge in [-0.3, -0.25) is 4.79 Å². The highest BCUT2D eigenvalue weighted by molar-refractivity contribution is 9.11. The first kappa shape index (κ1) is 11.3. The maximum absolute atomic E-state index is 10.9. The maximum atomic E-state index is 10.9. The van der Waals surface area contributed by atoms with E-state index in [0.717, 1.165) is 11.2 Å². The van der Waals surface area contributed by atoms with Gasteiger partial charge in [-0.25, -0.2) is 0 Å². The van der Waals surface area contributed by atoms with E-state index < -0.39 is 0 Å². The Morgan fingerprint density at radius 2 is 2.00 bits per heavy atom. The Labute approximate surface area is 103 Å². The first-order chi connectivity index (χ1) is 7.24. The third kappa shape index (κ3) is 2.18. The molecular weight excluding hydrogens is 272 g/mol. The van der Waals surface area contributed by atoms with Crippen molar-refractivity contribution in [1.82, 2.24) is 0 Å². The van der Waals surface area contributed by atoms with Crippen LogP contribution in [0.4, 0.5) is 0 Å². The van der Waals surface area contributed by atoms with Crippen LogP contribution < -0.4 is 0 Å². The van der Waals surface area contributed by atoms with E-state index in [9.17, 15) is 4.79 Å². The number of aldehydes is 1. The van der Waals surface area contributed by atoms with Gasteiger partial charge in [0.05, 0.1) is 8.66 Å². The molecule has 1 saturated carbocycles. The first-order valence-electron chi connectivity index (χ1n) is 5.48. The van der Waals surface area contributed by atoms with Gasteiger partial charge < -0.3 is 0 Å². The summed E-state index contributed by atoms with van der Waals surface area (Å²) in [7, 11) is 0. The zero-order chi connectivity index (χ0) is 10.8. The van der Waals surface area contributed by atoms with Crippen molar-refractivity contribution in [2.75, 3.05) is 0 Å². The van der Waals surface area contributed by atoms with E-state index in [-0.39, 0.29) is 0 Å². The van der Waals surface area contributed by atoms with Crippen molar-refractivity contribution in [3.05, 3.63) is 19.8 Å². The molecule has 1 aromatic heterocycles. The summed E-state index contributed by atoms with van der Waals surface area (Å²) in [6.45, 7) is 2.08. The Morgan fingerprint density at radius 3 is 2.53 bits per heavy atom. The molecule has 1 aliphatic carbocycles. The summed E-state index contributed by atoms with van der Waals surface area (Å²) in [4.78, 5) is 11.8. The summed E-state index contributed by atoms with van der Waals surface area (Å²) in [6, 6.07) is 0. The summed E-state index contributed by atoms with van der Waals surface area (Å²) in [5.74, 6) is 0.679. The fourth-order valence-electron chi connectivity index (χ4n) is 2.48. The van der Waals surface area contributed by atoms with Gasteiger partial charge in [-0.05, 0) is 52.7 Å². The molecule has 0 saturated heterocycles. The molecule has 0 aromatic carbocycles. The summed E-state index contributed by atoms with van der Waals surface area (Å²) >= 11 is 5.19. The van der Waals surface area contributed by atoms with Gasteiger partial charge >= 0.3 is 0 Å². The molecule has 2 rings (SSSR count). The fourth-order valence-corrected chi connectivity index (χ4v) is 4.56. The van der Waals surface area contributed by atoms with Crippen LogP contribution in [-0.4, -0.2) is 6.29 Å². The molecule has 1 aromatic rings. The van der Waals surface area contributed by atoms with Crippen LogP contribution in [0.1, 0.15) is 58.8 Å². The van der Waals surface area contributed by atoms with Crippen LogP contribution in [0.2, 0.25) is 0 Å². The van der Waals surface area contributed by atoms with Crippen molar-refractivity contribution in [2.24, 2.45) is 0 Å². The summed E-state index contributed by atoms with van der Waals surface area (Å²) in [5, 5.41) is 0. The zero-order valence-corrected chi connectivity index (χ0v) is 11.3. The molecule has 0 radical (unpaired) electrons. The molecule has 3 heteroatoms. The number of hydrogen-bond acceptors (Lipinski definition) is 2. The van der Waals surface area contributed by atoms with E-state index in [1.54, 1.807) is 11.3 Å². The van der Waals surface area contributed by atoms with Crippen molar-refractivity contribution < 1.29 is 4.79 Å². The van der Waals surface area contributed by atoms with E-state index >= 15 is 0 Å². The Morgan fingerprint density at radius 1 is 1.33 bits per heavy atom. The standard InChI is InChI=1S/C12H15BrOS/c1-8-10(7-14)15-12(13)11(8)9-5-3-2-4-6-9/h7,9H,2-6H2,1H3. The number of thiophene rings is 1. The van der Waals surface area contributed by atoms with Gasteiger partial charge in [0, 0.05) is 0 Å². The Hall–Kier alpha value is -0.150. The van der Waals surface area contributed by atoms with Crippen LogP contribution >= 0.6 is 27.3 Å². The second kappa shape index (κ2) is 4.79. The van der Waals surface area contributed by atoms with Crippen LogP contribution in [0.5, 0.6) is 0 Å². The van der Waals surface area contributed by atoms with Gasteiger partial charge in [0.25, 0.3) is 0 Å². The highest BCUT2D eigenvalue weighted by Crippen LogP contribution is 2.42. The Kier molecular flexibility index (Phi) is 3.62. The molecular formula is C12H15BrOS. The molecule has 1 heterocycles. The quantitative estimate of drug-likeness (QED) is 0.722. The molecule has 0 spiro atoms. The van der Waals surface area contributed by atoms with Gasteiger partial charge in [0.2, 0.25) is 0 Å². The summed E-state index contributed by atoms with van der Waals surface area (Å²) in [5.41, 5.74) is 2.61. The molecule has 1 aliphatic rings. The number of carbonyl (C=O) groups is 1. The lowest BCUT2D eigenvalue weighted by Gasteiger charge is -2.22. The third-order valence-electron chi connectivity index (χ3n) is 3.31. The minimum atomic E-state index is 0.679. The average molecular weight is 287 g/mol. The van der Waals surface area contributed by atoms with Crippen LogP contribution in [-0.2, 0) is 0 Å². The lowest BCUT2D eigenvalue weighted by molar-refractivity contribution is 0.112. The molecule has 1 fully saturated rings. The number of rotatable bonds is 2. The van der Waals surface area contributed by atoms with E-state index in [1.165, 1.54) is 47.0 Å². The molecule has 15 heavy (non-hydrogen) atoms. The molecule has 0 aliphatic heterocycles. The number of carbonyl (C=O) groups excluding carboxylic acids is 1. The van der Waals surface area contributed by atoms with Crippen LogP contribution in [0.3, 0.4) is 0 Å². The van der Waals surface area contributed by atoms with Crippen LogP contribution in [0.15, 0.2) is 3.79 Å². The van der Waals surface area contributed by atoms with Crippen molar-refractivity contribution in [1.29, 1.82) is 0 Å². The largest absolute Gasteiger partial charge is 0.297 e. The first-order valence-corrected chi connectivity index (χ1v) is 7.09. The summed E-state index contributed by atoms with van der Waals surface area (Å²) < 4.78 is 1.18. The normalized spacial score (nSPS) is 18.0. The monoisotopic (exact) mass is 286 g/mol. The van der Waals surface area contributed by atoms with E-state index in [4.69, 9.17) is 0 Å². The topological polar surface area (TPSA) is 17.1 Å². The van der Waals surface area contributed by atoms with Crippen molar-refractivity contribution in [3.8, 4) is 0 Å². The molecule has 0 bridgehead atoms. The lowest BCUT2D eigenvalue weighted by Crippen LogP contribution is -2.05. The second-order valence-corrected chi connectivity index (χ2v) is 6.60. The van der Waals surface area contributed by atoms with Gasteiger partial charge in [0.15, 0.2) is 6.29 Å². The molecule has 82 valence electrons. The minimum absolute atomic E-state index is 0.679. The lowest BCUT2D eigenvalue weighted by atomic mass is 9.83. The molecule has 0 atom stereocenters. The van der Waals surface area contributed by atoms with Crippen LogP contribution in [0.25, 0.3) is 0 Å². The maximum Gasteiger partial charge on any atom is 0.160 e. The van der Waals surface area contributed by atoms with Gasteiger partial charge in [-0.1, -0.05) is 19.3 Å². The summed E-state index contributed by atoms with van der Waals surface area (Å²) in [6.07, 6.45) is 7.60. The predicted molar refractivity (Wildman–Crippen MR) is 68.0 cm³/mol. The smallest absolute Gasteiger partial charge is 0.160 e. The van der Waals surface area contributed by atoms with Crippen molar-refractivity contribution in [2.45, 2.75) is 44.9 Å². The van der Waals surface area contributed by atoms with Crippen molar-refractivity contribution in [3.63, 3.8) is 0 Å². The highest BCUT2D eigenvalue weighted by atomic mass is 79.9. The van der Waals surface area contributed by atoms with Crippen molar-refractivity contribution >= 4 is 33.6 Å². The minimum Gasteiger partial charge on any atom is -0.297 e.